The molecule has 186 valence electrons. The molecule has 0 radical (unpaired) electrons. The predicted octanol–water partition coefficient (Wildman–Crippen LogP) is 4.54. The molecular weight excluding hydrogens is 446 g/mol. The molecule has 35 heavy (non-hydrogen) atoms. The van der Waals surface area contributed by atoms with Crippen molar-refractivity contribution in [3.63, 3.8) is 0 Å². The summed E-state index contributed by atoms with van der Waals surface area (Å²) in [5, 5.41) is 13.5. The van der Waals surface area contributed by atoms with E-state index in [1.54, 1.807) is 22.8 Å². The first-order valence-corrected chi connectivity index (χ1v) is 11.6. The Morgan fingerprint density at radius 1 is 1.09 bits per heavy atom. The van der Waals surface area contributed by atoms with Crippen LogP contribution in [0.1, 0.15) is 46.4 Å². The van der Waals surface area contributed by atoms with E-state index in [2.05, 4.69) is 5.32 Å². The van der Waals surface area contributed by atoms with Gasteiger partial charge in [-0.2, -0.15) is 0 Å². The Balaban J connectivity index is 2.51. The van der Waals surface area contributed by atoms with Gasteiger partial charge in [0.25, 0.3) is 11.5 Å². The lowest BCUT2D eigenvalue weighted by Gasteiger charge is -2.35. The number of hydrogen-bond donors (Lipinski definition) is 3. The molecule has 3 rings (SSSR count). The van der Waals surface area contributed by atoms with Crippen molar-refractivity contribution in [1.82, 2.24) is 9.88 Å². The van der Waals surface area contributed by atoms with Gasteiger partial charge in [0.1, 0.15) is 5.75 Å². The van der Waals surface area contributed by atoms with Crippen LogP contribution in [0.4, 0.5) is 4.79 Å². The maximum absolute atomic E-state index is 13.8. The molecule has 0 spiro atoms. The van der Waals surface area contributed by atoms with Gasteiger partial charge in [-0.1, -0.05) is 65.0 Å². The second-order valence-corrected chi connectivity index (χ2v) is 10.1. The summed E-state index contributed by atoms with van der Waals surface area (Å²) in [6.07, 6.45) is -1.17. The molecule has 0 bridgehead atoms. The van der Waals surface area contributed by atoms with E-state index in [9.17, 15) is 19.5 Å². The van der Waals surface area contributed by atoms with Gasteiger partial charge < -0.3 is 25.5 Å². The fourth-order valence-corrected chi connectivity index (χ4v) is 4.26. The number of ether oxygens (including phenoxy) is 1. The van der Waals surface area contributed by atoms with Gasteiger partial charge in [0.15, 0.2) is 6.61 Å². The number of nitrogens with two attached hydrogens (primary N) is 1. The van der Waals surface area contributed by atoms with E-state index in [1.807, 2.05) is 65.0 Å². The number of pyridine rings is 1. The minimum absolute atomic E-state index is 0.135. The molecule has 0 saturated heterocycles. The van der Waals surface area contributed by atoms with Crippen LogP contribution in [0.15, 0.2) is 53.3 Å². The maximum atomic E-state index is 13.8. The summed E-state index contributed by atoms with van der Waals surface area (Å²) < 4.78 is 7.24. The molecule has 0 aliphatic carbocycles. The molecule has 0 fully saturated rings. The zero-order chi connectivity index (χ0) is 25.9. The van der Waals surface area contributed by atoms with Crippen molar-refractivity contribution in [3.05, 3.63) is 64.6 Å². The lowest BCUT2D eigenvalue weighted by Crippen LogP contribution is -2.40. The first kappa shape index (κ1) is 25.8. The Labute approximate surface area is 204 Å². The van der Waals surface area contributed by atoms with E-state index in [1.165, 1.54) is 0 Å². The zero-order valence-electron chi connectivity index (χ0n) is 20.8. The van der Waals surface area contributed by atoms with Crippen LogP contribution in [0.3, 0.4) is 0 Å². The van der Waals surface area contributed by atoms with Crippen molar-refractivity contribution < 1.29 is 19.4 Å². The van der Waals surface area contributed by atoms with Crippen LogP contribution in [0, 0.1) is 11.3 Å². The number of aromatic nitrogens is 1. The molecule has 1 aromatic heterocycles. The standard InChI is InChI=1S/C27H33N3O5/c1-16(2)14-30-23(24(27(3,4)5)29-26(33)34)22(17-9-7-6-8-10-17)20-13-18(35-15-21(28)31)11-12-19(20)25(30)32/h6-13,16,24,29H,14-15H2,1-5H3,(H2,28,31)(H,33,34). The first-order valence-electron chi connectivity index (χ1n) is 11.6. The van der Waals surface area contributed by atoms with Gasteiger partial charge in [-0.05, 0) is 35.1 Å². The number of hydrogen-bond acceptors (Lipinski definition) is 4. The molecule has 3 aromatic rings. The maximum Gasteiger partial charge on any atom is 0.405 e. The largest absolute Gasteiger partial charge is 0.484 e. The monoisotopic (exact) mass is 479 g/mol. The van der Waals surface area contributed by atoms with E-state index in [-0.39, 0.29) is 18.1 Å². The number of carbonyl (C=O) groups is 2. The van der Waals surface area contributed by atoms with Crippen molar-refractivity contribution in [1.29, 1.82) is 0 Å². The Morgan fingerprint density at radius 3 is 2.29 bits per heavy atom. The molecule has 0 aliphatic rings. The number of fused-ring (bicyclic) bond motifs is 1. The number of carbonyl (C=O) groups excluding carboxylic acids is 1. The summed E-state index contributed by atoms with van der Waals surface area (Å²) in [6.45, 7) is 9.95. The van der Waals surface area contributed by atoms with Crippen LogP contribution < -0.4 is 21.3 Å². The zero-order valence-corrected chi connectivity index (χ0v) is 20.8. The molecule has 2 amide bonds. The summed E-state index contributed by atoms with van der Waals surface area (Å²) >= 11 is 0. The van der Waals surface area contributed by atoms with Gasteiger partial charge in [-0.25, -0.2) is 4.79 Å². The minimum Gasteiger partial charge on any atom is -0.484 e. The quantitative estimate of drug-likeness (QED) is 0.437. The van der Waals surface area contributed by atoms with Crippen LogP contribution in [0.25, 0.3) is 21.9 Å². The highest BCUT2D eigenvalue weighted by molar-refractivity contribution is 5.98. The lowest BCUT2D eigenvalue weighted by atomic mass is 9.80. The number of primary amides is 1. The molecule has 1 heterocycles. The van der Waals surface area contributed by atoms with E-state index in [0.29, 0.717) is 28.8 Å². The molecule has 8 heteroatoms. The molecule has 0 aliphatic heterocycles. The first-order chi connectivity index (χ1) is 16.4. The number of benzene rings is 2. The highest BCUT2D eigenvalue weighted by Crippen LogP contribution is 2.41. The van der Waals surface area contributed by atoms with E-state index in [4.69, 9.17) is 10.5 Å². The Bertz CT molecular complexity index is 1290. The van der Waals surface area contributed by atoms with Gasteiger partial charge >= 0.3 is 6.09 Å². The second kappa shape index (κ2) is 10.2. The predicted molar refractivity (Wildman–Crippen MR) is 137 cm³/mol. The number of amides is 2. The molecular formula is C27H33N3O5. The number of nitrogens with zero attached hydrogens (tertiary/aromatic N) is 1. The summed E-state index contributed by atoms with van der Waals surface area (Å²) in [5.41, 5.74) is 6.62. The van der Waals surface area contributed by atoms with Crippen molar-refractivity contribution >= 4 is 22.8 Å². The number of nitrogens with one attached hydrogen (secondary N) is 1. The van der Waals surface area contributed by atoms with E-state index >= 15 is 0 Å². The fraction of sp³-hybridized carbons (Fsp3) is 0.370. The van der Waals surface area contributed by atoms with Gasteiger partial charge in [-0.15, -0.1) is 0 Å². The van der Waals surface area contributed by atoms with Gasteiger partial charge in [0, 0.05) is 22.9 Å². The molecule has 1 unspecified atom stereocenters. The second-order valence-electron chi connectivity index (χ2n) is 10.1. The van der Waals surface area contributed by atoms with Crippen molar-refractivity contribution in [2.45, 2.75) is 47.2 Å². The smallest absolute Gasteiger partial charge is 0.405 e. The third kappa shape index (κ3) is 5.82. The van der Waals surface area contributed by atoms with E-state index in [0.717, 1.165) is 11.1 Å². The molecule has 1 atom stereocenters. The van der Waals surface area contributed by atoms with Crippen molar-refractivity contribution in [3.8, 4) is 16.9 Å². The Kier molecular flexibility index (Phi) is 7.53. The summed E-state index contributed by atoms with van der Waals surface area (Å²) in [7, 11) is 0. The van der Waals surface area contributed by atoms with Crippen molar-refractivity contribution in [2.24, 2.45) is 17.1 Å². The third-order valence-corrected chi connectivity index (χ3v) is 5.68. The minimum atomic E-state index is -1.17. The van der Waals surface area contributed by atoms with Crippen LogP contribution in [0.5, 0.6) is 5.75 Å². The molecule has 0 saturated carbocycles. The van der Waals surface area contributed by atoms with Crippen molar-refractivity contribution in [2.75, 3.05) is 6.61 Å². The highest BCUT2D eigenvalue weighted by Gasteiger charge is 2.34. The summed E-state index contributed by atoms with van der Waals surface area (Å²) in [6, 6.07) is 13.9. The average Bonchev–Trinajstić information content (AvgIpc) is 2.77. The summed E-state index contributed by atoms with van der Waals surface area (Å²) in [4.78, 5) is 37.0. The molecule has 4 N–H and O–H groups in total. The molecule has 8 nitrogen and oxygen atoms in total. The van der Waals surface area contributed by atoms with Crippen LogP contribution >= 0.6 is 0 Å². The average molecular weight is 480 g/mol. The Hall–Kier alpha value is -3.81. The third-order valence-electron chi connectivity index (χ3n) is 5.68. The van der Waals surface area contributed by atoms with Crippen LogP contribution in [0.2, 0.25) is 0 Å². The topological polar surface area (TPSA) is 124 Å². The van der Waals surface area contributed by atoms with Gasteiger partial charge in [0.05, 0.1) is 11.7 Å². The lowest BCUT2D eigenvalue weighted by molar-refractivity contribution is -0.119. The Morgan fingerprint density at radius 2 is 1.74 bits per heavy atom. The highest BCUT2D eigenvalue weighted by atomic mass is 16.5. The summed E-state index contributed by atoms with van der Waals surface area (Å²) in [5.74, 6) is -0.0880. The number of rotatable bonds is 8. The number of carboxylic acid groups (broad SMARTS) is 1. The van der Waals surface area contributed by atoms with Crippen LogP contribution in [-0.2, 0) is 11.3 Å². The van der Waals surface area contributed by atoms with E-state index < -0.39 is 23.5 Å². The normalized spacial score (nSPS) is 12.5. The SMILES string of the molecule is CC(C)Cn1c(C(NC(=O)O)C(C)(C)C)c(-c2ccccc2)c2cc(OCC(N)=O)ccc2c1=O. The van der Waals surface area contributed by atoms with Gasteiger partial charge in [-0.3, -0.25) is 9.59 Å². The van der Waals surface area contributed by atoms with Crippen LogP contribution in [-0.4, -0.2) is 28.3 Å². The molecule has 2 aromatic carbocycles. The van der Waals surface area contributed by atoms with Gasteiger partial charge in [0.2, 0.25) is 0 Å². The fourth-order valence-electron chi connectivity index (χ4n) is 4.26.